The van der Waals surface area contributed by atoms with Gasteiger partial charge in [-0.2, -0.15) is 0 Å². The zero-order valence-electron chi connectivity index (χ0n) is 7.34. The lowest BCUT2D eigenvalue weighted by molar-refractivity contribution is 0.192. The van der Waals surface area contributed by atoms with Crippen molar-refractivity contribution < 1.29 is 14.7 Å². The van der Waals surface area contributed by atoms with Crippen LogP contribution in [0, 0.1) is 5.41 Å². The second-order valence-electron chi connectivity index (χ2n) is 2.39. The summed E-state index contributed by atoms with van der Waals surface area (Å²) in [6.45, 7) is 3.10. The van der Waals surface area contributed by atoms with Crippen LogP contribution in [0.15, 0.2) is 11.8 Å². The number of imide groups is 1. The minimum atomic E-state index is -1.42. The molecule has 6 nitrogen and oxygen atoms in total. The molecule has 0 rings (SSSR count). The normalized spacial score (nSPS) is 10.5. The summed E-state index contributed by atoms with van der Waals surface area (Å²) in [5.41, 5.74) is 0.680. The third-order valence-electron chi connectivity index (χ3n) is 0.964. The average Bonchev–Trinajstić information content (AvgIpc) is 1.80. The summed E-state index contributed by atoms with van der Waals surface area (Å²) in [6, 6.07) is -0.831. The van der Waals surface area contributed by atoms with Crippen LogP contribution in [0.4, 0.5) is 9.59 Å². The van der Waals surface area contributed by atoms with E-state index < -0.39 is 12.1 Å². The lowest BCUT2D eigenvalue weighted by atomic mass is 10.3. The van der Waals surface area contributed by atoms with E-state index in [0.717, 1.165) is 0 Å². The second kappa shape index (κ2) is 4.91. The highest BCUT2D eigenvalue weighted by Crippen LogP contribution is 1.86. The molecular formula is C7H11N3O3. The van der Waals surface area contributed by atoms with Crippen molar-refractivity contribution in [3.05, 3.63) is 11.8 Å². The Balaban J connectivity index is 4.06. The Hall–Kier alpha value is -1.85. The molecule has 0 radical (unpaired) electrons. The molecule has 0 saturated carbocycles. The first-order valence-electron chi connectivity index (χ1n) is 3.46. The maximum Gasteiger partial charge on any atom is 0.412 e. The van der Waals surface area contributed by atoms with Crippen molar-refractivity contribution in [1.82, 2.24) is 10.6 Å². The van der Waals surface area contributed by atoms with Gasteiger partial charge in [-0.3, -0.25) is 0 Å². The SMILES string of the molecule is CC(=N)C=C(C)NC(=O)NC(=O)O. The molecule has 13 heavy (non-hydrogen) atoms. The number of carbonyl (C=O) groups is 2. The van der Waals surface area contributed by atoms with E-state index in [-0.39, 0.29) is 5.71 Å². The van der Waals surface area contributed by atoms with Gasteiger partial charge in [-0.25, -0.2) is 14.9 Å². The fraction of sp³-hybridized carbons (Fsp3) is 0.286. The molecule has 0 unspecified atom stereocenters. The monoisotopic (exact) mass is 185 g/mol. The van der Waals surface area contributed by atoms with Gasteiger partial charge < -0.3 is 15.8 Å². The molecule has 0 aliphatic carbocycles. The molecule has 0 aromatic heterocycles. The summed E-state index contributed by atoms with van der Waals surface area (Å²) in [5, 5.41) is 19.0. The lowest BCUT2D eigenvalue weighted by Gasteiger charge is -2.03. The third-order valence-corrected chi connectivity index (χ3v) is 0.964. The van der Waals surface area contributed by atoms with Crippen LogP contribution in [-0.4, -0.2) is 22.9 Å². The first kappa shape index (κ1) is 11.2. The molecule has 0 spiro atoms. The number of carboxylic acid groups (broad SMARTS) is 1. The molecule has 72 valence electrons. The van der Waals surface area contributed by atoms with Gasteiger partial charge in [-0.05, 0) is 19.9 Å². The van der Waals surface area contributed by atoms with Crippen LogP contribution in [0.5, 0.6) is 0 Å². The van der Waals surface area contributed by atoms with Gasteiger partial charge in [0, 0.05) is 11.4 Å². The summed E-state index contributed by atoms with van der Waals surface area (Å²) in [5.74, 6) is 0. The summed E-state index contributed by atoms with van der Waals surface area (Å²) < 4.78 is 0. The maximum absolute atomic E-state index is 10.7. The minimum absolute atomic E-state index is 0.271. The smallest absolute Gasteiger partial charge is 0.412 e. The van der Waals surface area contributed by atoms with E-state index in [1.807, 2.05) is 0 Å². The van der Waals surface area contributed by atoms with Gasteiger partial charge in [0.25, 0.3) is 0 Å². The number of carbonyl (C=O) groups excluding carboxylic acids is 1. The number of urea groups is 1. The van der Waals surface area contributed by atoms with Crippen molar-refractivity contribution >= 4 is 17.8 Å². The topological polar surface area (TPSA) is 102 Å². The zero-order chi connectivity index (χ0) is 10.4. The molecule has 0 aromatic rings. The van der Waals surface area contributed by atoms with Crippen molar-refractivity contribution in [2.24, 2.45) is 0 Å². The number of hydrogen-bond donors (Lipinski definition) is 4. The molecule has 0 aliphatic heterocycles. The summed E-state index contributed by atoms with van der Waals surface area (Å²) in [4.78, 5) is 20.7. The molecule has 0 atom stereocenters. The van der Waals surface area contributed by atoms with Gasteiger partial charge in [0.05, 0.1) is 0 Å². The van der Waals surface area contributed by atoms with Crippen LogP contribution in [-0.2, 0) is 0 Å². The summed E-state index contributed by atoms with van der Waals surface area (Å²) >= 11 is 0. The first-order chi connectivity index (χ1) is 5.91. The lowest BCUT2D eigenvalue weighted by Crippen LogP contribution is -2.37. The van der Waals surface area contributed by atoms with Crippen molar-refractivity contribution in [3.8, 4) is 0 Å². The molecular weight excluding hydrogens is 174 g/mol. The largest absolute Gasteiger partial charge is 0.465 e. The Labute approximate surface area is 75.1 Å². The second-order valence-corrected chi connectivity index (χ2v) is 2.39. The third kappa shape index (κ3) is 6.54. The van der Waals surface area contributed by atoms with E-state index >= 15 is 0 Å². The Morgan fingerprint density at radius 1 is 1.31 bits per heavy atom. The van der Waals surface area contributed by atoms with Gasteiger partial charge in [0.2, 0.25) is 0 Å². The van der Waals surface area contributed by atoms with E-state index in [1.165, 1.54) is 6.08 Å². The highest BCUT2D eigenvalue weighted by atomic mass is 16.4. The molecule has 4 N–H and O–H groups in total. The Bertz CT molecular complexity index is 270. The maximum atomic E-state index is 10.7. The van der Waals surface area contributed by atoms with E-state index in [4.69, 9.17) is 10.5 Å². The van der Waals surface area contributed by atoms with E-state index in [2.05, 4.69) is 5.32 Å². The number of allylic oxidation sites excluding steroid dienone is 2. The van der Waals surface area contributed by atoms with Gasteiger partial charge in [-0.1, -0.05) is 0 Å². The minimum Gasteiger partial charge on any atom is -0.465 e. The van der Waals surface area contributed by atoms with E-state index in [1.54, 1.807) is 19.2 Å². The number of amides is 3. The predicted octanol–water partition coefficient (Wildman–Crippen LogP) is 0.907. The van der Waals surface area contributed by atoms with Crippen molar-refractivity contribution in [2.75, 3.05) is 0 Å². The average molecular weight is 185 g/mol. The van der Waals surface area contributed by atoms with Crippen molar-refractivity contribution in [2.45, 2.75) is 13.8 Å². The van der Waals surface area contributed by atoms with Crippen LogP contribution >= 0.6 is 0 Å². The van der Waals surface area contributed by atoms with Gasteiger partial charge in [-0.15, -0.1) is 0 Å². The number of hydrogen-bond acceptors (Lipinski definition) is 3. The van der Waals surface area contributed by atoms with Crippen LogP contribution in [0.3, 0.4) is 0 Å². The molecule has 0 fully saturated rings. The summed E-state index contributed by atoms with van der Waals surface area (Å²) in [7, 11) is 0. The molecule has 0 aliphatic rings. The quantitative estimate of drug-likeness (QED) is 0.480. The van der Waals surface area contributed by atoms with Crippen LogP contribution in [0.1, 0.15) is 13.8 Å². The standard InChI is InChI=1S/C7H11N3O3/c1-4(8)3-5(2)9-6(11)10-7(12)13/h3,8H,1-2H3,(H,12,13)(H2,9,10,11). The number of nitrogens with one attached hydrogen (secondary N) is 3. The molecule has 0 bridgehead atoms. The van der Waals surface area contributed by atoms with Crippen molar-refractivity contribution in [1.29, 1.82) is 5.41 Å². The molecule has 3 amide bonds. The Morgan fingerprint density at radius 3 is 2.23 bits per heavy atom. The van der Waals surface area contributed by atoms with Gasteiger partial charge in [0.15, 0.2) is 0 Å². The van der Waals surface area contributed by atoms with Gasteiger partial charge >= 0.3 is 12.1 Å². The molecule has 0 saturated heterocycles. The molecule has 0 aromatic carbocycles. The van der Waals surface area contributed by atoms with Crippen LogP contribution < -0.4 is 10.6 Å². The van der Waals surface area contributed by atoms with E-state index in [0.29, 0.717) is 5.70 Å². The number of rotatable bonds is 2. The van der Waals surface area contributed by atoms with Crippen molar-refractivity contribution in [3.63, 3.8) is 0 Å². The fourth-order valence-corrected chi connectivity index (χ4v) is 0.668. The Morgan fingerprint density at radius 2 is 1.85 bits per heavy atom. The fourth-order valence-electron chi connectivity index (χ4n) is 0.668. The zero-order valence-corrected chi connectivity index (χ0v) is 7.34. The molecule has 0 heterocycles. The predicted molar refractivity (Wildman–Crippen MR) is 46.8 cm³/mol. The van der Waals surface area contributed by atoms with E-state index in [9.17, 15) is 9.59 Å². The highest BCUT2D eigenvalue weighted by Gasteiger charge is 2.03. The summed E-state index contributed by atoms with van der Waals surface area (Å²) in [6.07, 6.45) is -0.0154. The van der Waals surface area contributed by atoms with Crippen LogP contribution in [0.25, 0.3) is 0 Å². The van der Waals surface area contributed by atoms with Crippen LogP contribution in [0.2, 0.25) is 0 Å². The highest BCUT2D eigenvalue weighted by molar-refractivity contribution is 5.93. The van der Waals surface area contributed by atoms with Gasteiger partial charge in [0.1, 0.15) is 0 Å². The Kier molecular flexibility index (Phi) is 4.21. The molecule has 6 heteroatoms. The first-order valence-corrected chi connectivity index (χ1v) is 3.46.